The van der Waals surface area contributed by atoms with Crippen molar-refractivity contribution in [3.63, 3.8) is 0 Å². The van der Waals surface area contributed by atoms with Crippen LogP contribution in [0.2, 0.25) is 0 Å². The third kappa shape index (κ3) is 6.46. The molecule has 0 heterocycles. The van der Waals surface area contributed by atoms with Gasteiger partial charge in [0.2, 0.25) is 11.9 Å². The third-order valence-electron chi connectivity index (χ3n) is 4.56. The molecule has 0 aromatic heterocycles. The number of para-hydroxylation sites is 2. The molecule has 0 radical (unpaired) electrons. The lowest BCUT2D eigenvalue weighted by Crippen LogP contribution is -2.38. The summed E-state index contributed by atoms with van der Waals surface area (Å²) in [5.41, 5.74) is 25.6. The Balaban J connectivity index is 2.27. The Morgan fingerprint density at radius 2 is 1.06 bits per heavy atom. The highest BCUT2D eigenvalue weighted by molar-refractivity contribution is 6.02. The number of aryl methyl sites for hydroxylation is 2. The van der Waals surface area contributed by atoms with Gasteiger partial charge in [0.1, 0.15) is 0 Å². The van der Waals surface area contributed by atoms with Crippen LogP contribution in [0.25, 0.3) is 0 Å². The molecule has 2 aromatic carbocycles. The second kappa shape index (κ2) is 10.6. The number of rotatable bonds is 6. The van der Waals surface area contributed by atoms with E-state index in [-0.39, 0.29) is 23.8 Å². The zero-order valence-corrected chi connectivity index (χ0v) is 17.8. The quantitative estimate of drug-likeness (QED) is 0.302. The van der Waals surface area contributed by atoms with Crippen LogP contribution in [0.5, 0.6) is 0 Å². The molecule has 0 spiro atoms. The summed E-state index contributed by atoms with van der Waals surface area (Å²) in [6.45, 7) is 4.80. The Morgan fingerprint density at radius 3 is 1.39 bits per heavy atom. The van der Waals surface area contributed by atoms with Crippen LogP contribution in [-0.2, 0) is 0 Å². The maximum absolute atomic E-state index is 8.34. The second-order valence-corrected chi connectivity index (χ2v) is 6.95. The standard InChI is InChI=1S/C21H30N10/c1-14-8-3-5-10-16(14)30(20(26)28-18(22)23)12-7-13-31(21(27)29-19(24)25)17-11-6-4-9-15(17)2/h3-6,8-11H,7,12-13H2,1-2H3,(H5,22,23,26,28)(H5,24,25,27,29). The molecule has 0 saturated carbocycles. The highest BCUT2D eigenvalue weighted by atomic mass is 15.3. The predicted molar refractivity (Wildman–Crippen MR) is 129 cm³/mol. The first kappa shape index (κ1) is 23.2. The Kier molecular flexibility index (Phi) is 7.95. The van der Waals surface area contributed by atoms with Gasteiger partial charge in [-0.3, -0.25) is 10.8 Å². The fraction of sp³-hybridized carbons (Fsp3) is 0.238. The van der Waals surface area contributed by atoms with E-state index in [1.54, 1.807) is 9.80 Å². The van der Waals surface area contributed by atoms with Crippen molar-refractivity contribution in [2.24, 2.45) is 32.9 Å². The fourth-order valence-electron chi connectivity index (χ4n) is 3.17. The van der Waals surface area contributed by atoms with Crippen LogP contribution in [0.4, 0.5) is 11.4 Å². The summed E-state index contributed by atoms with van der Waals surface area (Å²) < 4.78 is 0. The summed E-state index contributed by atoms with van der Waals surface area (Å²) in [6, 6.07) is 15.4. The number of hydrogen-bond acceptors (Lipinski definition) is 2. The lowest BCUT2D eigenvalue weighted by atomic mass is 10.1. The summed E-state index contributed by atoms with van der Waals surface area (Å²) >= 11 is 0. The maximum atomic E-state index is 8.34. The SMILES string of the molecule is Cc1ccccc1N(CCCN(C(=N)N=C(N)N)c1ccccc1C)C(=N)N=C(N)N. The van der Waals surface area contributed by atoms with Crippen molar-refractivity contribution < 1.29 is 0 Å². The topological polar surface area (TPSA) is 183 Å². The van der Waals surface area contributed by atoms with E-state index in [0.717, 1.165) is 22.5 Å². The molecule has 0 saturated heterocycles. The van der Waals surface area contributed by atoms with Gasteiger partial charge in [0.15, 0.2) is 11.9 Å². The van der Waals surface area contributed by atoms with E-state index >= 15 is 0 Å². The number of benzene rings is 2. The zero-order valence-electron chi connectivity index (χ0n) is 17.8. The molecule has 10 N–H and O–H groups in total. The molecule has 0 fully saturated rings. The Labute approximate surface area is 182 Å². The van der Waals surface area contributed by atoms with Crippen LogP contribution in [0.15, 0.2) is 58.5 Å². The van der Waals surface area contributed by atoms with Crippen molar-refractivity contribution in [1.29, 1.82) is 10.8 Å². The molecule has 0 atom stereocenters. The van der Waals surface area contributed by atoms with E-state index in [2.05, 4.69) is 9.98 Å². The van der Waals surface area contributed by atoms with Crippen molar-refractivity contribution in [2.45, 2.75) is 20.3 Å². The number of nitrogens with one attached hydrogen (secondary N) is 2. The molecular formula is C21H30N10. The van der Waals surface area contributed by atoms with Crippen molar-refractivity contribution in [3.8, 4) is 0 Å². The summed E-state index contributed by atoms with van der Waals surface area (Å²) in [5, 5.41) is 16.7. The van der Waals surface area contributed by atoms with Gasteiger partial charge < -0.3 is 32.7 Å². The summed E-state index contributed by atoms with van der Waals surface area (Å²) in [4.78, 5) is 11.3. The van der Waals surface area contributed by atoms with Crippen LogP contribution >= 0.6 is 0 Å². The maximum Gasteiger partial charge on any atom is 0.225 e. The van der Waals surface area contributed by atoms with Crippen molar-refractivity contribution >= 4 is 35.2 Å². The van der Waals surface area contributed by atoms with Crippen LogP contribution in [0.1, 0.15) is 17.5 Å². The van der Waals surface area contributed by atoms with Crippen LogP contribution < -0.4 is 32.7 Å². The smallest absolute Gasteiger partial charge is 0.225 e. The van der Waals surface area contributed by atoms with Crippen LogP contribution in [-0.4, -0.2) is 36.9 Å². The average Bonchev–Trinajstić information content (AvgIpc) is 2.68. The highest BCUT2D eigenvalue weighted by Crippen LogP contribution is 2.23. The molecule has 2 aromatic rings. The number of hydrogen-bond donors (Lipinski definition) is 6. The molecule has 10 nitrogen and oxygen atoms in total. The van der Waals surface area contributed by atoms with Gasteiger partial charge in [0, 0.05) is 24.5 Å². The molecule has 31 heavy (non-hydrogen) atoms. The molecule has 0 bridgehead atoms. The number of anilines is 2. The predicted octanol–water partition coefficient (Wildman–Crippen LogP) is 1.42. The summed E-state index contributed by atoms with van der Waals surface area (Å²) in [7, 11) is 0. The van der Waals surface area contributed by atoms with Crippen molar-refractivity contribution in [2.75, 3.05) is 22.9 Å². The molecule has 0 amide bonds. The van der Waals surface area contributed by atoms with Gasteiger partial charge in [0.05, 0.1) is 0 Å². The first-order valence-corrected chi connectivity index (χ1v) is 9.73. The van der Waals surface area contributed by atoms with Gasteiger partial charge in [-0.1, -0.05) is 36.4 Å². The van der Waals surface area contributed by atoms with Crippen LogP contribution in [0, 0.1) is 24.7 Å². The highest BCUT2D eigenvalue weighted by Gasteiger charge is 2.18. The Morgan fingerprint density at radius 1 is 0.710 bits per heavy atom. The summed E-state index contributed by atoms with van der Waals surface area (Å²) in [6.07, 6.45) is 0.577. The van der Waals surface area contributed by atoms with Gasteiger partial charge in [-0.15, -0.1) is 0 Å². The van der Waals surface area contributed by atoms with Gasteiger partial charge >= 0.3 is 0 Å². The average molecular weight is 423 g/mol. The first-order valence-electron chi connectivity index (χ1n) is 9.73. The molecule has 0 unspecified atom stereocenters. The lowest BCUT2D eigenvalue weighted by molar-refractivity contribution is 0.805. The van der Waals surface area contributed by atoms with E-state index in [0.29, 0.717) is 19.5 Å². The lowest BCUT2D eigenvalue weighted by Gasteiger charge is -2.28. The fourth-order valence-corrected chi connectivity index (χ4v) is 3.17. The first-order chi connectivity index (χ1) is 14.7. The van der Waals surface area contributed by atoms with E-state index < -0.39 is 0 Å². The molecule has 10 heteroatoms. The van der Waals surface area contributed by atoms with E-state index in [1.807, 2.05) is 62.4 Å². The minimum absolute atomic E-state index is 0.0592. The summed E-state index contributed by atoms with van der Waals surface area (Å²) in [5.74, 6) is -0.480. The Bertz CT molecular complexity index is 908. The third-order valence-corrected chi connectivity index (χ3v) is 4.56. The second-order valence-electron chi connectivity index (χ2n) is 6.95. The minimum atomic E-state index is -0.181. The van der Waals surface area contributed by atoms with Crippen molar-refractivity contribution in [1.82, 2.24) is 0 Å². The van der Waals surface area contributed by atoms with E-state index in [9.17, 15) is 0 Å². The van der Waals surface area contributed by atoms with Gasteiger partial charge in [-0.05, 0) is 43.5 Å². The van der Waals surface area contributed by atoms with Gasteiger partial charge in [-0.2, -0.15) is 9.98 Å². The Hall–Kier alpha value is -4.08. The molecule has 164 valence electrons. The van der Waals surface area contributed by atoms with Gasteiger partial charge in [0.25, 0.3) is 0 Å². The number of guanidine groups is 4. The molecule has 0 aliphatic rings. The number of aliphatic imine (C=N–C) groups is 2. The monoisotopic (exact) mass is 422 g/mol. The molecule has 0 aliphatic heterocycles. The zero-order chi connectivity index (χ0) is 23.0. The minimum Gasteiger partial charge on any atom is -0.370 e. The largest absolute Gasteiger partial charge is 0.370 e. The molecular weight excluding hydrogens is 392 g/mol. The van der Waals surface area contributed by atoms with Gasteiger partial charge in [-0.25, -0.2) is 0 Å². The molecule has 2 rings (SSSR count). The van der Waals surface area contributed by atoms with E-state index in [4.69, 9.17) is 33.8 Å². The van der Waals surface area contributed by atoms with E-state index in [1.165, 1.54) is 0 Å². The molecule has 0 aliphatic carbocycles. The number of nitrogens with two attached hydrogens (primary N) is 4. The number of nitrogens with zero attached hydrogens (tertiary/aromatic N) is 4. The normalized spacial score (nSPS) is 10.1. The van der Waals surface area contributed by atoms with Crippen molar-refractivity contribution in [3.05, 3.63) is 59.7 Å². The van der Waals surface area contributed by atoms with Crippen LogP contribution in [0.3, 0.4) is 0 Å².